The Kier molecular flexibility index (Phi) is 36.6. The third-order valence-corrected chi connectivity index (χ3v) is 2.29. The summed E-state index contributed by atoms with van der Waals surface area (Å²) in [4.78, 5) is 18.3. The quantitative estimate of drug-likeness (QED) is 0.422. The van der Waals surface area contributed by atoms with Crippen molar-refractivity contribution in [1.82, 2.24) is 5.59 Å². The molecule has 0 aromatic carbocycles. The standard InChI is InChI=1S/C11H17O.2CO.Fe.NO/c1-10(12)11-8-6-4-2-3-5-7-9-11;2*1-2;;1-2/h8-9H,2-7H2,1H3;;;;. The average Bonchev–Trinajstić information content (AvgIpc) is 2.59. The minimum atomic E-state index is 0. The van der Waals surface area contributed by atoms with E-state index in [9.17, 15) is 4.79 Å². The molecule has 0 unspecified atom stereocenters. The van der Waals surface area contributed by atoms with Gasteiger partial charge in [0.2, 0.25) is 0 Å². The van der Waals surface area contributed by atoms with Crippen LogP contribution in [-0.2, 0) is 31.2 Å². The van der Waals surface area contributed by atoms with Crippen LogP contribution >= 0.6 is 0 Å². The molecular formula is C13H17FeNO4. The number of carbonyl (C=O) groups excluding carboxylic acids is 1. The molecule has 0 atom stereocenters. The summed E-state index contributed by atoms with van der Waals surface area (Å²) < 4.78 is 15.0. The summed E-state index contributed by atoms with van der Waals surface area (Å²) in [5.41, 5.74) is 5.75. The minimum Gasteiger partial charge on any atom is -0.120 e. The van der Waals surface area contributed by atoms with E-state index in [2.05, 4.69) is 26.1 Å². The number of hydrogen-bond acceptors (Lipinski definition) is 2. The van der Waals surface area contributed by atoms with Gasteiger partial charge in [-0.05, 0) is 32.6 Å². The summed E-state index contributed by atoms with van der Waals surface area (Å²) in [6.07, 6.45) is 11.4. The average molecular weight is 307 g/mol. The first-order valence-corrected chi connectivity index (χ1v) is 5.44. The van der Waals surface area contributed by atoms with Gasteiger partial charge in [0.25, 0.3) is 0 Å². The molecule has 4 radical (unpaired) electrons. The summed E-state index contributed by atoms with van der Waals surface area (Å²) in [5.74, 6) is 1.16. The molecule has 6 heteroatoms. The van der Waals surface area contributed by atoms with Gasteiger partial charge in [0.05, 0.1) is 0 Å². The van der Waals surface area contributed by atoms with Gasteiger partial charge in [0, 0.05) is 23.0 Å². The van der Waals surface area contributed by atoms with Crippen molar-refractivity contribution in [1.29, 1.82) is 0 Å². The van der Waals surface area contributed by atoms with Gasteiger partial charge in [-0.1, -0.05) is 25.7 Å². The Bertz CT molecular complexity index is 215. The van der Waals surface area contributed by atoms with Crippen LogP contribution in [0.15, 0.2) is 0 Å². The molecular weight excluding hydrogens is 290 g/mol. The molecule has 0 amide bonds. The summed E-state index contributed by atoms with van der Waals surface area (Å²) in [6.45, 7) is 10.7. The smallest absolute Gasteiger partial charge is 0.120 e. The van der Waals surface area contributed by atoms with Crippen molar-refractivity contribution >= 4 is 5.78 Å². The van der Waals surface area contributed by atoms with Crippen molar-refractivity contribution in [3.63, 3.8) is 0 Å². The zero-order valence-electron chi connectivity index (χ0n) is 10.8. The molecule has 1 aliphatic carbocycles. The van der Waals surface area contributed by atoms with Crippen LogP contribution in [0.2, 0.25) is 0 Å². The zero-order valence-corrected chi connectivity index (χ0v) is 11.9. The SMILES string of the molecule is CC(=O)[C]1[CH]CCCCCC[CH]1.[C-]#[O+].[C-]#[O+].[Fe].[N]=O. The molecule has 0 aliphatic heterocycles. The molecule has 1 fully saturated rings. The van der Waals surface area contributed by atoms with Crippen molar-refractivity contribution in [3.05, 3.63) is 37.0 Å². The van der Waals surface area contributed by atoms with Gasteiger partial charge in [-0.2, -0.15) is 0 Å². The first kappa shape index (κ1) is 26.8. The zero-order chi connectivity index (χ0) is 14.8. The monoisotopic (exact) mass is 307 g/mol. The molecule has 5 nitrogen and oxygen atoms in total. The Hall–Kier alpha value is -0.731. The van der Waals surface area contributed by atoms with Crippen LogP contribution in [0.3, 0.4) is 0 Å². The van der Waals surface area contributed by atoms with Crippen LogP contribution in [0, 0.1) is 37.0 Å². The van der Waals surface area contributed by atoms with Crippen molar-refractivity contribution in [2.45, 2.75) is 45.4 Å². The van der Waals surface area contributed by atoms with E-state index in [0.29, 0.717) is 0 Å². The molecule has 1 saturated carbocycles. The van der Waals surface area contributed by atoms with Crippen LogP contribution in [0.5, 0.6) is 0 Å². The van der Waals surface area contributed by atoms with E-state index < -0.39 is 0 Å². The van der Waals surface area contributed by atoms with Crippen molar-refractivity contribution in [2.24, 2.45) is 0 Å². The number of Topliss-reactive ketones (excluding diaryl/α,β-unsaturated/α-hetero) is 1. The summed E-state index contributed by atoms with van der Waals surface area (Å²) >= 11 is 0. The molecule has 0 saturated heterocycles. The maximum atomic E-state index is 11.1. The van der Waals surface area contributed by atoms with E-state index in [1.165, 1.54) is 25.7 Å². The molecule has 0 heterocycles. The van der Waals surface area contributed by atoms with Crippen LogP contribution < -0.4 is 5.59 Å². The molecule has 106 valence electrons. The van der Waals surface area contributed by atoms with Gasteiger partial charge in [0.15, 0.2) is 0 Å². The van der Waals surface area contributed by atoms with Crippen LogP contribution in [-0.4, -0.2) is 5.78 Å². The maximum absolute atomic E-state index is 11.1. The van der Waals surface area contributed by atoms with E-state index in [0.717, 1.165) is 18.8 Å². The maximum Gasteiger partial charge on any atom is 0.120 e. The number of nitrogens with zero attached hydrogens (tertiary/aromatic N) is 1. The number of carbonyl (C=O) groups is 1. The Labute approximate surface area is 125 Å². The van der Waals surface area contributed by atoms with Crippen LogP contribution in [0.4, 0.5) is 0 Å². The van der Waals surface area contributed by atoms with Crippen molar-refractivity contribution < 1.29 is 31.2 Å². The van der Waals surface area contributed by atoms with Crippen molar-refractivity contribution in [3.8, 4) is 0 Å². The molecule has 0 aromatic heterocycles. The normalized spacial score (nSPS) is 14.6. The minimum absolute atomic E-state index is 0. The van der Waals surface area contributed by atoms with E-state index in [4.69, 9.17) is 19.8 Å². The van der Waals surface area contributed by atoms with Gasteiger partial charge >= 0.3 is 22.6 Å². The second-order valence-electron chi connectivity index (χ2n) is 3.41. The van der Waals surface area contributed by atoms with Gasteiger partial charge < -0.3 is 0 Å². The number of rotatable bonds is 1. The third kappa shape index (κ3) is 19.8. The van der Waals surface area contributed by atoms with E-state index >= 15 is 0 Å². The van der Waals surface area contributed by atoms with Gasteiger partial charge in [0.1, 0.15) is 11.4 Å². The van der Waals surface area contributed by atoms with E-state index in [-0.39, 0.29) is 22.9 Å². The Balaban J connectivity index is -0.000000142. The molecule has 0 bridgehead atoms. The fraction of sp³-hybridized carbons (Fsp3) is 0.538. The molecule has 0 aromatic rings. The summed E-state index contributed by atoms with van der Waals surface area (Å²) in [7, 11) is 0. The molecule has 0 spiro atoms. The van der Waals surface area contributed by atoms with E-state index in [1.807, 2.05) is 0 Å². The number of nitroso groups, excluding NO2 is 1. The van der Waals surface area contributed by atoms with Crippen LogP contribution in [0.1, 0.15) is 45.4 Å². The van der Waals surface area contributed by atoms with Gasteiger partial charge in [-0.3, -0.25) is 4.79 Å². The predicted molar refractivity (Wildman–Crippen MR) is 63.6 cm³/mol. The molecule has 19 heavy (non-hydrogen) atoms. The summed E-state index contributed by atoms with van der Waals surface area (Å²) in [6, 6.07) is 0. The molecule has 0 N–H and O–H groups in total. The molecule has 1 rings (SSSR count). The largest absolute Gasteiger partial charge is 0.120 e. The summed E-state index contributed by atoms with van der Waals surface area (Å²) in [5, 5.41) is 0. The first-order chi connectivity index (χ1) is 8.80. The Morgan fingerprint density at radius 2 is 1.32 bits per heavy atom. The fourth-order valence-electron chi connectivity index (χ4n) is 1.53. The Morgan fingerprint density at radius 3 is 1.58 bits per heavy atom. The predicted octanol–water partition coefficient (Wildman–Crippen LogP) is 2.39. The van der Waals surface area contributed by atoms with E-state index in [1.54, 1.807) is 6.92 Å². The topological polar surface area (TPSA) is 96.2 Å². The number of ketones is 1. The first-order valence-electron chi connectivity index (χ1n) is 5.44. The number of hydrogen-bond donors (Lipinski definition) is 0. The van der Waals surface area contributed by atoms with Crippen molar-refractivity contribution in [2.75, 3.05) is 0 Å². The third-order valence-electron chi connectivity index (χ3n) is 2.29. The fourth-order valence-corrected chi connectivity index (χ4v) is 1.53. The second-order valence-corrected chi connectivity index (χ2v) is 3.41. The Morgan fingerprint density at radius 1 is 1.00 bits per heavy atom. The van der Waals surface area contributed by atoms with Gasteiger partial charge in [-0.15, -0.1) is 4.91 Å². The van der Waals surface area contributed by atoms with Crippen LogP contribution in [0.25, 0.3) is 0 Å². The van der Waals surface area contributed by atoms with Gasteiger partial charge in [-0.25, -0.2) is 0 Å². The second kappa shape index (κ2) is 26.0. The molecule has 1 aliphatic rings.